The molecule has 0 aliphatic heterocycles. The van der Waals surface area contributed by atoms with Crippen LogP contribution in [0.4, 0.5) is 0 Å². The highest BCUT2D eigenvalue weighted by molar-refractivity contribution is 7.91. The molecule has 0 saturated heterocycles. The first kappa shape index (κ1) is 16.4. The first-order valence-electron chi connectivity index (χ1n) is 6.56. The summed E-state index contributed by atoms with van der Waals surface area (Å²) < 4.78 is 23.1. The van der Waals surface area contributed by atoms with Crippen molar-refractivity contribution < 1.29 is 13.2 Å². The van der Waals surface area contributed by atoms with Gasteiger partial charge in [0.1, 0.15) is 0 Å². The molecule has 0 aliphatic rings. The topological polar surface area (TPSA) is 54.5 Å². The Kier molecular flexibility index (Phi) is 5.95. The lowest BCUT2D eigenvalue weighted by atomic mass is 10.2. The van der Waals surface area contributed by atoms with E-state index in [9.17, 15) is 13.2 Å². The summed E-state index contributed by atoms with van der Waals surface area (Å²) in [7, 11) is -1.46. The van der Waals surface area contributed by atoms with Crippen LogP contribution in [0.25, 0.3) is 6.08 Å². The Labute approximate surface area is 121 Å². The molecule has 1 aromatic rings. The molecule has 20 heavy (non-hydrogen) atoms. The zero-order valence-corrected chi connectivity index (χ0v) is 12.9. The highest BCUT2D eigenvalue weighted by Gasteiger charge is 2.19. The van der Waals surface area contributed by atoms with Crippen molar-refractivity contribution in [3.63, 3.8) is 0 Å². The molecule has 1 rings (SSSR count). The molecule has 0 bridgehead atoms. The fourth-order valence-electron chi connectivity index (χ4n) is 1.66. The monoisotopic (exact) mass is 295 g/mol. The van der Waals surface area contributed by atoms with E-state index in [-0.39, 0.29) is 23.5 Å². The standard InChI is InChI=1S/C15H21NO3S/c1-4-20(18,19)12-13(2)16(3)15(17)11-10-14-8-6-5-7-9-14/h5-11,13H,4,12H2,1-3H3/b11-10-/t13-/m0/s1. The molecule has 0 heterocycles. The second-order valence-corrected chi connectivity index (χ2v) is 7.14. The van der Waals surface area contributed by atoms with Crippen LogP contribution in [0.5, 0.6) is 0 Å². The number of sulfone groups is 1. The van der Waals surface area contributed by atoms with E-state index in [4.69, 9.17) is 0 Å². The second kappa shape index (κ2) is 7.24. The quantitative estimate of drug-likeness (QED) is 0.754. The van der Waals surface area contributed by atoms with Gasteiger partial charge in [-0.2, -0.15) is 0 Å². The maximum atomic E-state index is 12.0. The summed E-state index contributed by atoms with van der Waals surface area (Å²) >= 11 is 0. The Hall–Kier alpha value is -1.62. The van der Waals surface area contributed by atoms with Gasteiger partial charge in [0, 0.05) is 24.9 Å². The van der Waals surface area contributed by atoms with E-state index in [1.54, 1.807) is 27.0 Å². The maximum Gasteiger partial charge on any atom is 0.246 e. The average molecular weight is 295 g/mol. The van der Waals surface area contributed by atoms with Gasteiger partial charge in [-0.25, -0.2) is 8.42 Å². The Morgan fingerprint density at radius 3 is 2.45 bits per heavy atom. The summed E-state index contributed by atoms with van der Waals surface area (Å²) in [5.74, 6) is -0.114. The molecule has 0 aromatic heterocycles. The fourth-order valence-corrected chi connectivity index (χ4v) is 2.86. The van der Waals surface area contributed by atoms with Crippen LogP contribution < -0.4 is 0 Å². The van der Waals surface area contributed by atoms with Crippen LogP contribution in [-0.4, -0.2) is 43.8 Å². The minimum absolute atomic E-state index is 0.00901. The first-order valence-corrected chi connectivity index (χ1v) is 8.38. The van der Waals surface area contributed by atoms with E-state index in [0.29, 0.717) is 0 Å². The molecule has 5 heteroatoms. The van der Waals surface area contributed by atoms with Crippen LogP contribution in [0.2, 0.25) is 0 Å². The zero-order chi connectivity index (χ0) is 15.2. The lowest BCUT2D eigenvalue weighted by Crippen LogP contribution is -2.38. The summed E-state index contributed by atoms with van der Waals surface area (Å²) in [5, 5.41) is 0. The molecule has 0 N–H and O–H groups in total. The minimum Gasteiger partial charge on any atom is -0.338 e. The number of carbonyl (C=O) groups is 1. The Morgan fingerprint density at radius 2 is 1.90 bits per heavy atom. The minimum atomic E-state index is -3.08. The first-order chi connectivity index (χ1) is 9.35. The Morgan fingerprint density at radius 1 is 1.30 bits per heavy atom. The fraction of sp³-hybridized carbons (Fsp3) is 0.400. The van der Waals surface area contributed by atoms with Crippen molar-refractivity contribution in [2.24, 2.45) is 0 Å². The third kappa shape index (κ3) is 5.17. The van der Waals surface area contributed by atoms with Gasteiger partial charge in [0.05, 0.1) is 5.75 Å². The molecule has 0 saturated carbocycles. The number of hydrogen-bond donors (Lipinski definition) is 0. The molecule has 4 nitrogen and oxygen atoms in total. The van der Waals surface area contributed by atoms with Crippen molar-refractivity contribution in [2.45, 2.75) is 19.9 Å². The van der Waals surface area contributed by atoms with Crippen LogP contribution in [0.15, 0.2) is 36.4 Å². The molecular formula is C15H21NO3S. The summed E-state index contributed by atoms with van der Waals surface area (Å²) in [6, 6.07) is 9.15. The lowest BCUT2D eigenvalue weighted by molar-refractivity contribution is -0.126. The number of carbonyl (C=O) groups excluding carboxylic acids is 1. The third-order valence-electron chi connectivity index (χ3n) is 3.16. The highest BCUT2D eigenvalue weighted by Crippen LogP contribution is 2.05. The molecule has 0 fully saturated rings. The van der Waals surface area contributed by atoms with Gasteiger partial charge in [0.25, 0.3) is 0 Å². The van der Waals surface area contributed by atoms with Crippen LogP contribution in [0.3, 0.4) is 0 Å². The van der Waals surface area contributed by atoms with Gasteiger partial charge < -0.3 is 4.90 Å². The summed E-state index contributed by atoms with van der Waals surface area (Å²) in [4.78, 5) is 13.4. The maximum absolute atomic E-state index is 12.0. The van der Waals surface area contributed by atoms with Gasteiger partial charge in [0.2, 0.25) is 5.91 Å². The van der Waals surface area contributed by atoms with Crippen LogP contribution in [0.1, 0.15) is 19.4 Å². The molecule has 1 aromatic carbocycles. The number of benzene rings is 1. The van der Waals surface area contributed by atoms with E-state index >= 15 is 0 Å². The van der Waals surface area contributed by atoms with Crippen LogP contribution in [0, 0.1) is 0 Å². The molecule has 0 aliphatic carbocycles. The van der Waals surface area contributed by atoms with E-state index in [0.717, 1.165) is 5.56 Å². The van der Waals surface area contributed by atoms with Gasteiger partial charge in [0.15, 0.2) is 9.84 Å². The SMILES string of the molecule is CCS(=O)(=O)C[C@H](C)N(C)C(=O)/C=C\c1ccccc1. The van der Waals surface area contributed by atoms with Crippen molar-refractivity contribution in [2.75, 3.05) is 18.6 Å². The number of nitrogens with zero attached hydrogens (tertiary/aromatic N) is 1. The normalized spacial score (nSPS) is 13.3. The van der Waals surface area contributed by atoms with Crippen LogP contribution in [-0.2, 0) is 14.6 Å². The van der Waals surface area contributed by atoms with Crippen LogP contribution >= 0.6 is 0 Å². The van der Waals surface area contributed by atoms with Gasteiger partial charge in [-0.1, -0.05) is 37.3 Å². The molecule has 110 valence electrons. The molecule has 1 atom stereocenters. The number of rotatable bonds is 6. The number of amides is 1. The van der Waals surface area contributed by atoms with E-state index < -0.39 is 9.84 Å². The molecule has 0 radical (unpaired) electrons. The van der Waals surface area contributed by atoms with E-state index in [2.05, 4.69) is 0 Å². The predicted molar refractivity (Wildman–Crippen MR) is 82.0 cm³/mol. The van der Waals surface area contributed by atoms with Gasteiger partial charge in [-0.3, -0.25) is 4.79 Å². The summed E-state index contributed by atoms with van der Waals surface area (Å²) in [6.45, 7) is 3.35. The molecule has 0 spiro atoms. The largest absolute Gasteiger partial charge is 0.338 e. The van der Waals surface area contributed by atoms with Gasteiger partial charge in [-0.05, 0) is 18.6 Å². The Balaban J connectivity index is 2.65. The third-order valence-corrected chi connectivity index (χ3v) is 5.03. The van der Waals surface area contributed by atoms with Gasteiger partial charge in [-0.15, -0.1) is 0 Å². The smallest absolute Gasteiger partial charge is 0.246 e. The van der Waals surface area contributed by atoms with E-state index in [1.807, 2.05) is 30.3 Å². The zero-order valence-electron chi connectivity index (χ0n) is 12.1. The number of likely N-dealkylation sites (N-methyl/N-ethyl adjacent to an activating group) is 1. The van der Waals surface area contributed by atoms with Gasteiger partial charge >= 0.3 is 0 Å². The predicted octanol–water partition coefficient (Wildman–Crippen LogP) is 1.98. The molecule has 1 amide bonds. The van der Waals surface area contributed by atoms with Crippen molar-refractivity contribution in [3.05, 3.63) is 42.0 Å². The average Bonchev–Trinajstić information content (AvgIpc) is 2.44. The highest BCUT2D eigenvalue weighted by atomic mass is 32.2. The van der Waals surface area contributed by atoms with Crippen molar-refractivity contribution in [1.82, 2.24) is 4.90 Å². The van der Waals surface area contributed by atoms with Crippen molar-refractivity contribution >= 4 is 21.8 Å². The summed E-state index contributed by atoms with van der Waals surface area (Å²) in [5.41, 5.74) is 0.933. The molecule has 0 unspecified atom stereocenters. The number of hydrogen-bond acceptors (Lipinski definition) is 3. The lowest BCUT2D eigenvalue weighted by Gasteiger charge is -2.23. The van der Waals surface area contributed by atoms with Crippen molar-refractivity contribution in [3.8, 4) is 0 Å². The Bertz CT molecular complexity index is 564. The van der Waals surface area contributed by atoms with Crippen molar-refractivity contribution in [1.29, 1.82) is 0 Å². The second-order valence-electron chi connectivity index (χ2n) is 4.74. The molecular weight excluding hydrogens is 274 g/mol. The van der Waals surface area contributed by atoms with E-state index in [1.165, 1.54) is 11.0 Å². The summed E-state index contributed by atoms with van der Waals surface area (Å²) in [6.07, 6.45) is 3.18.